The van der Waals surface area contributed by atoms with E-state index in [9.17, 15) is 8.22 Å². The zero-order valence-electron chi connectivity index (χ0n) is 45.6. The zero-order valence-corrected chi connectivity index (χ0v) is 28.6. The fourth-order valence-electron chi connectivity index (χ4n) is 6.53. The fraction of sp³-hybridized carbons (Fsp3) is 0. The van der Waals surface area contributed by atoms with Gasteiger partial charge in [0.15, 0.2) is 17.5 Å². The Hall–Kier alpha value is -7.43. The van der Waals surface area contributed by atoms with Gasteiger partial charge in [0.25, 0.3) is 0 Å². The summed E-state index contributed by atoms with van der Waals surface area (Å²) in [4.78, 5) is 14.7. The number of hydrogen-bond acceptors (Lipinski definition) is 3. The smallest absolute Gasteiger partial charge is 0.164 e. The van der Waals surface area contributed by atoms with E-state index in [4.69, 9.17) is 30.0 Å². The molecule has 0 saturated carbocycles. The normalized spacial score (nSPS) is 15.6. The lowest BCUT2D eigenvalue weighted by Crippen LogP contribution is -2.02. The average molecular weight is 720 g/mol. The molecule has 4 nitrogen and oxygen atoms in total. The molecule has 0 unspecified atom stereocenters. The number of hydrogen-bond donors (Lipinski definition) is 0. The summed E-state index contributed by atoms with van der Waals surface area (Å²) < 4.78 is 153. The van der Waals surface area contributed by atoms with E-state index in [2.05, 4.69) is 0 Å². The quantitative estimate of drug-likeness (QED) is 0.165. The van der Waals surface area contributed by atoms with Crippen LogP contribution in [0, 0.1) is 0 Å². The van der Waals surface area contributed by atoms with Crippen LogP contribution in [0.15, 0.2) is 206 Å². The zero-order chi connectivity index (χ0) is 51.3. The van der Waals surface area contributed by atoms with Gasteiger partial charge in [0, 0.05) is 33.0 Å². The number of nitrogens with zero attached hydrogens (tertiary/aromatic N) is 4. The summed E-state index contributed by atoms with van der Waals surface area (Å²) in [5, 5.41) is -0.634. The molecular weight excluding hydrogens is 669 g/mol. The first-order chi connectivity index (χ1) is 34.3. The highest BCUT2D eigenvalue weighted by atomic mass is 15.0. The molecule has 55 heavy (non-hydrogen) atoms. The third kappa shape index (κ3) is 6.06. The molecule has 0 aliphatic carbocycles. The number of rotatable bonds is 7. The third-order valence-electron chi connectivity index (χ3n) is 9.07. The topological polar surface area (TPSA) is 43.6 Å². The first kappa shape index (κ1) is 19.1. The maximum absolute atomic E-state index is 9.82. The Balaban J connectivity index is 1.35. The Morgan fingerprint density at radius 1 is 0.364 bits per heavy atom. The van der Waals surface area contributed by atoms with Gasteiger partial charge in [-0.15, -0.1) is 0 Å². The van der Waals surface area contributed by atoms with Crippen LogP contribution in [0.1, 0.15) is 23.3 Å². The lowest BCUT2D eigenvalue weighted by molar-refractivity contribution is 1.07. The van der Waals surface area contributed by atoms with Crippen LogP contribution in [0.25, 0.3) is 95.0 Å². The minimum Gasteiger partial charge on any atom is -0.309 e. The van der Waals surface area contributed by atoms with Gasteiger partial charge in [-0.2, -0.15) is 0 Å². The largest absolute Gasteiger partial charge is 0.309 e. The van der Waals surface area contributed by atoms with Gasteiger partial charge in [0.05, 0.1) is 40.0 Å². The molecule has 0 radical (unpaired) electrons. The summed E-state index contributed by atoms with van der Waals surface area (Å²) in [6.07, 6.45) is 0. The van der Waals surface area contributed by atoms with Gasteiger partial charge >= 0.3 is 0 Å². The van der Waals surface area contributed by atoms with Gasteiger partial charge < -0.3 is 4.57 Å². The maximum Gasteiger partial charge on any atom is 0.164 e. The summed E-state index contributed by atoms with van der Waals surface area (Å²) in [5.74, 6) is 0.600. The lowest BCUT2D eigenvalue weighted by atomic mass is 9.99. The molecule has 0 N–H and O–H groups in total. The average Bonchev–Trinajstić information content (AvgIpc) is 3.77. The Labute approximate surface area is 343 Å². The Kier molecular flexibility index (Phi) is 4.80. The number of para-hydroxylation sites is 1. The van der Waals surface area contributed by atoms with Gasteiger partial charge in [-0.25, -0.2) is 15.0 Å². The predicted molar refractivity (Wildman–Crippen MR) is 227 cm³/mol. The highest BCUT2D eigenvalue weighted by Gasteiger charge is 2.19. The van der Waals surface area contributed by atoms with E-state index in [1.807, 2.05) is 84.9 Å². The molecule has 0 aliphatic heterocycles. The number of aromatic nitrogens is 4. The van der Waals surface area contributed by atoms with Crippen LogP contribution in [-0.2, 0) is 0 Å². The summed E-state index contributed by atoms with van der Waals surface area (Å²) in [6.45, 7) is 0. The van der Waals surface area contributed by atoms with Crippen LogP contribution in [-0.4, -0.2) is 19.5 Å². The van der Waals surface area contributed by atoms with Crippen molar-refractivity contribution in [1.29, 1.82) is 0 Å². The molecule has 0 amide bonds. The molecule has 0 fully saturated rings. The summed E-state index contributed by atoms with van der Waals surface area (Å²) >= 11 is 0. The van der Waals surface area contributed by atoms with Gasteiger partial charge in [-0.1, -0.05) is 169 Å². The highest BCUT2D eigenvalue weighted by molar-refractivity contribution is 6.10. The minimum absolute atomic E-state index is 0.0743. The Morgan fingerprint density at radius 2 is 0.927 bits per heavy atom. The second-order valence-electron chi connectivity index (χ2n) is 12.4. The first-order valence-electron chi connectivity index (χ1n) is 25.6. The van der Waals surface area contributed by atoms with Crippen LogP contribution >= 0.6 is 0 Å². The van der Waals surface area contributed by atoms with Gasteiger partial charge in [0.2, 0.25) is 0 Å². The SMILES string of the molecule is [2H]c1c([2H])c([2H])c(-c2cc(-c3nc(-c4ccccc4)nc(-c4cccc(-c5ccccc5)c4)n3)ccc2-n2c3c([2H])c([2H])c([2H])c([2H])c3c3c([2H])c([2H])c(-c4c([2H])c([2H])c([2H])c([2H])c4[2H])c([2H])c32)c([2H])c1[2H]. The van der Waals surface area contributed by atoms with Crippen molar-refractivity contribution in [2.45, 2.75) is 0 Å². The van der Waals surface area contributed by atoms with Crippen molar-refractivity contribution in [1.82, 2.24) is 19.5 Å². The molecule has 0 saturated heterocycles. The van der Waals surface area contributed by atoms with E-state index in [1.54, 1.807) is 0 Å². The van der Waals surface area contributed by atoms with Crippen LogP contribution in [0.2, 0.25) is 0 Å². The molecule has 0 aliphatic rings. The summed E-state index contributed by atoms with van der Waals surface area (Å²) in [6, 6.07) is 18.5. The van der Waals surface area contributed by atoms with E-state index >= 15 is 0 Å². The van der Waals surface area contributed by atoms with E-state index in [-0.39, 0.29) is 61.7 Å². The Bertz CT molecular complexity index is 3900. The van der Waals surface area contributed by atoms with Crippen LogP contribution in [0.4, 0.5) is 0 Å². The molecule has 8 aromatic carbocycles. The molecule has 258 valence electrons. The Morgan fingerprint density at radius 3 is 1.65 bits per heavy atom. The second-order valence-corrected chi connectivity index (χ2v) is 12.4. The molecule has 10 rings (SSSR count). The fourth-order valence-corrected chi connectivity index (χ4v) is 6.53. The highest BCUT2D eigenvalue weighted by Crippen LogP contribution is 2.39. The summed E-state index contributed by atoms with van der Waals surface area (Å²) in [7, 11) is 0. The number of benzene rings is 8. The van der Waals surface area contributed by atoms with Crippen molar-refractivity contribution in [3.8, 4) is 73.2 Å². The van der Waals surface area contributed by atoms with Crippen molar-refractivity contribution in [2.75, 3.05) is 0 Å². The molecule has 4 heteroatoms. The monoisotopic (exact) mass is 719 g/mol. The molecule has 2 heterocycles. The lowest BCUT2D eigenvalue weighted by Gasteiger charge is -2.16. The summed E-state index contributed by atoms with van der Waals surface area (Å²) in [5.41, 5.74) is 0.791. The molecule has 0 bridgehead atoms. The van der Waals surface area contributed by atoms with Crippen molar-refractivity contribution in [3.63, 3.8) is 0 Å². The van der Waals surface area contributed by atoms with Gasteiger partial charge in [-0.3, -0.25) is 0 Å². The predicted octanol–water partition coefficient (Wildman–Crippen LogP) is 13.0. The van der Waals surface area contributed by atoms with E-state index in [1.165, 1.54) is 22.8 Å². The van der Waals surface area contributed by atoms with Gasteiger partial charge in [0.1, 0.15) is 0 Å². The van der Waals surface area contributed by atoms with E-state index in [0.717, 1.165) is 11.1 Å². The third-order valence-corrected chi connectivity index (χ3v) is 9.07. The standard InChI is InChI=1S/C51H34N4/c1-5-16-35(17-6-1)39-24-15-25-41(32-39)50-52-49(38-22-11-4-12-23-38)53-51(54-50)42-29-31-47(45(33-42)37-20-9-3-10-21-37)55-46-27-14-13-26-43(46)44-30-28-40(34-48(44)55)36-18-7-2-8-19-36/h1-34H/i2D,3D,7D,8D,9D,10D,13D,14D,18D,19D,20D,21D,26D,27D,28D,30D,34D. The van der Waals surface area contributed by atoms with Crippen molar-refractivity contribution < 1.29 is 23.3 Å². The van der Waals surface area contributed by atoms with Crippen LogP contribution < -0.4 is 0 Å². The van der Waals surface area contributed by atoms with Crippen LogP contribution in [0.3, 0.4) is 0 Å². The van der Waals surface area contributed by atoms with E-state index < -0.39 is 114 Å². The second kappa shape index (κ2) is 13.8. The molecule has 0 atom stereocenters. The maximum atomic E-state index is 9.82. The van der Waals surface area contributed by atoms with Crippen molar-refractivity contribution >= 4 is 21.8 Å². The van der Waals surface area contributed by atoms with Gasteiger partial charge in [-0.05, 0) is 64.2 Å². The number of fused-ring (bicyclic) bond motifs is 3. The van der Waals surface area contributed by atoms with Crippen molar-refractivity contribution in [2.24, 2.45) is 0 Å². The van der Waals surface area contributed by atoms with Crippen LogP contribution in [0.5, 0.6) is 0 Å². The molecule has 10 aromatic rings. The molecule has 2 aromatic heterocycles. The molecule has 0 spiro atoms. The first-order valence-corrected chi connectivity index (χ1v) is 17.1. The minimum atomic E-state index is -0.781. The van der Waals surface area contributed by atoms with E-state index in [0.29, 0.717) is 11.1 Å². The van der Waals surface area contributed by atoms with Crippen molar-refractivity contribution in [3.05, 3.63) is 206 Å². The molecular formula is C51H34N4.